The van der Waals surface area contributed by atoms with Gasteiger partial charge >= 0.3 is 0 Å². The molecule has 6 heteroatoms. The molecule has 1 fully saturated rings. The van der Waals surface area contributed by atoms with Gasteiger partial charge in [0.1, 0.15) is 9.93 Å². The van der Waals surface area contributed by atoms with E-state index < -0.39 is 8.86 Å². The van der Waals surface area contributed by atoms with E-state index in [9.17, 15) is 9.00 Å². The zero-order valence-electron chi connectivity index (χ0n) is 4.73. The van der Waals surface area contributed by atoms with Crippen LogP contribution in [0.15, 0.2) is 10.3 Å². The third kappa shape index (κ3) is 1.17. The zero-order valence-corrected chi connectivity index (χ0v) is 8.00. The number of rotatable bonds is 0. The lowest BCUT2D eigenvalue weighted by Gasteiger charge is -1.80. The summed E-state index contributed by atoms with van der Waals surface area (Å²) in [6.07, 6.45) is 1.63. The maximum atomic E-state index is 10.9. The predicted molar refractivity (Wildman–Crippen MR) is 48.6 cm³/mol. The van der Waals surface area contributed by atoms with E-state index in [1.165, 1.54) is 20.6 Å². The minimum atomic E-state index is -0.821. The Hall–Kier alpha value is 0.610. The monoisotopic (exact) mass is 211 g/mol. The van der Waals surface area contributed by atoms with E-state index in [0.29, 0.717) is 5.75 Å². The van der Waals surface area contributed by atoms with Crippen molar-refractivity contribution in [1.82, 2.24) is 0 Å². The second-order valence-corrected chi connectivity index (χ2v) is 10.4. The van der Waals surface area contributed by atoms with Crippen molar-refractivity contribution in [2.45, 2.75) is 0 Å². The van der Waals surface area contributed by atoms with E-state index in [-0.39, 0.29) is 15.7 Å². The van der Waals surface area contributed by atoms with Gasteiger partial charge in [0, 0.05) is 10.8 Å². The van der Waals surface area contributed by atoms with Crippen LogP contribution >= 0.6 is 20.6 Å². The van der Waals surface area contributed by atoms with E-state index in [4.69, 9.17) is 0 Å². The standard InChI is InChI=1S/C4H3O2S4/c5-3-1-4-7-10(6)8-9(4)2-3/h1H,2H2/q+1. The van der Waals surface area contributed by atoms with Gasteiger partial charge in [-0.25, -0.2) is 4.21 Å². The summed E-state index contributed by atoms with van der Waals surface area (Å²) in [5.41, 5.74) is 0. The van der Waals surface area contributed by atoms with Gasteiger partial charge in [0.25, 0.3) is 0 Å². The number of ketones is 1. The third-order valence-corrected chi connectivity index (χ3v) is 11.6. The number of allylic oxidation sites excluding steroid dienone is 1. The van der Waals surface area contributed by atoms with E-state index in [1.54, 1.807) is 6.08 Å². The molecule has 2 heterocycles. The van der Waals surface area contributed by atoms with Crippen molar-refractivity contribution in [1.29, 1.82) is 0 Å². The minimum absolute atomic E-state index is 0.0370. The molecule has 0 radical (unpaired) electrons. The van der Waals surface area contributed by atoms with Crippen molar-refractivity contribution in [3.05, 3.63) is 10.3 Å². The molecular weight excluding hydrogens is 208 g/mol. The summed E-state index contributed by atoms with van der Waals surface area (Å²) >= 11 is 0. The summed E-state index contributed by atoms with van der Waals surface area (Å²) in [5, 5.41) is 0. The summed E-state index contributed by atoms with van der Waals surface area (Å²) in [6, 6.07) is 0. The highest BCUT2D eigenvalue weighted by Crippen LogP contribution is 2.51. The Morgan fingerprint density at radius 2 is 2.50 bits per heavy atom. The van der Waals surface area contributed by atoms with Gasteiger partial charge < -0.3 is 0 Å². The first kappa shape index (κ1) is 7.27. The molecule has 10 heavy (non-hydrogen) atoms. The highest BCUT2D eigenvalue weighted by Gasteiger charge is 2.47. The Bertz CT molecular complexity index is 246. The predicted octanol–water partition coefficient (Wildman–Crippen LogP) is 1.00. The molecule has 2 unspecified atom stereocenters. The molecule has 2 aliphatic rings. The lowest BCUT2D eigenvalue weighted by Crippen LogP contribution is -1.99. The van der Waals surface area contributed by atoms with E-state index >= 15 is 0 Å². The Labute approximate surface area is 70.2 Å². The van der Waals surface area contributed by atoms with Crippen LogP contribution in [0, 0.1) is 0 Å². The second-order valence-electron chi connectivity index (χ2n) is 1.78. The van der Waals surface area contributed by atoms with Gasteiger partial charge in [-0.15, -0.1) is 0 Å². The third-order valence-electron chi connectivity index (χ3n) is 1.06. The fourth-order valence-electron chi connectivity index (χ4n) is 0.707. The largest absolute Gasteiger partial charge is 0.289 e. The molecular formula is C4H3O2S4+. The van der Waals surface area contributed by atoms with Crippen LogP contribution in [0.3, 0.4) is 0 Å². The average Bonchev–Trinajstić information content (AvgIpc) is 2.21. The number of carbonyl (C=O) groups excluding carboxylic acids is 1. The molecule has 1 saturated heterocycles. The molecule has 2 nitrogen and oxygen atoms in total. The normalized spacial score (nSPS) is 38.0. The van der Waals surface area contributed by atoms with Gasteiger partial charge in [-0.1, -0.05) is 0 Å². The molecule has 2 atom stereocenters. The lowest BCUT2D eigenvalue weighted by molar-refractivity contribution is -0.112. The molecule has 2 aliphatic heterocycles. The van der Waals surface area contributed by atoms with Crippen molar-refractivity contribution in [2.24, 2.45) is 0 Å². The first-order valence-electron chi connectivity index (χ1n) is 2.50. The van der Waals surface area contributed by atoms with Crippen LogP contribution in [0.4, 0.5) is 0 Å². The summed E-state index contributed by atoms with van der Waals surface area (Å²) in [7, 11) is 1.88. The lowest BCUT2D eigenvalue weighted by atomic mass is 10.5. The molecule has 2 rings (SSSR count). The molecule has 0 aromatic carbocycles. The average molecular weight is 211 g/mol. The number of carbonyl (C=O) groups is 1. The maximum Gasteiger partial charge on any atom is 0.220 e. The Balaban J connectivity index is 2.29. The van der Waals surface area contributed by atoms with E-state index in [2.05, 4.69) is 0 Å². The van der Waals surface area contributed by atoms with Crippen LogP contribution in [-0.4, -0.2) is 15.7 Å². The second kappa shape index (κ2) is 2.58. The van der Waals surface area contributed by atoms with Crippen LogP contribution in [0.25, 0.3) is 0 Å². The maximum absolute atomic E-state index is 10.9. The van der Waals surface area contributed by atoms with Crippen molar-refractivity contribution in [3.8, 4) is 0 Å². The SMILES string of the molecule is O=C1C=C2SS(=O)S[S+]2C1. The Morgan fingerprint density at radius 1 is 1.70 bits per heavy atom. The van der Waals surface area contributed by atoms with Crippen molar-refractivity contribution >= 4 is 45.2 Å². The summed E-state index contributed by atoms with van der Waals surface area (Å²) < 4.78 is 11.9. The summed E-state index contributed by atoms with van der Waals surface area (Å²) in [6.45, 7) is 0. The first-order chi connectivity index (χ1) is 4.75. The van der Waals surface area contributed by atoms with Gasteiger partial charge in [0.15, 0.2) is 5.75 Å². The number of fused-ring (bicyclic) bond motifs is 1. The molecule has 0 spiro atoms. The van der Waals surface area contributed by atoms with Crippen LogP contribution in [0.5, 0.6) is 0 Å². The van der Waals surface area contributed by atoms with Gasteiger partial charge in [-0.05, 0) is 0 Å². The van der Waals surface area contributed by atoms with Crippen molar-refractivity contribution < 1.29 is 9.00 Å². The molecule has 0 aromatic rings. The van der Waals surface area contributed by atoms with Crippen molar-refractivity contribution in [3.63, 3.8) is 0 Å². The molecule has 0 bridgehead atoms. The summed E-state index contributed by atoms with van der Waals surface area (Å²) in [5.74, 6) is 0.772. The minimum Gasteiger partial charge on any atom is -0.289 e. The molecule has 0 aromatic heterocycles. The zero-order chi connectivity index (χ0) is 7.14. The van der Waals surface area contributed by atoms with Gasteiger partial charge in [-0.2, -0.15) is 0 Å². The van der Waals surface area contributed by atoms with Gasteiger partial charge in [0.2, 0.25) is 28.7 Å². The van der Waals surface area contributed by atoms with Crippen molar-refractivity contribution in [2.75, 3.05) is 5.75 Å². The molecule has 0 N–H and O–H groups in total. The number of hydrogen-bond donors (Lipinski definition) is 0. The van der Waals surface area contributed by atoms with Crippen LogP contribution in [0.2, 0.25) is 0 Å². The Kier molecular flexibility index (Phi) is 1.88. The molecule has 0 saturated carbocycles. The Morgan fingerprint density at radius 3 is 3.20 bits per heavy atom. The summed E-state index contributed by atoms with van der Waals surface area (Å²) in [4.78, 5) is 10.8. The number of hydrogen-bond acceptors (Lipinski definition) is 4. The highest BCUT2D eigenvalue weighted by atomic mass is 33.7. The quantitative estimate of drug-likeness (QED) is 0.442. The van der Waals surface area contributed by atoms with E-state index in [1.807, 2.05) is 0 Å². The van der Waals surface area contributed by atoms with E-state index in [0.717, 1.165) is 4.24 Å². The fourth-order valence-corrected chi connectivity index (χ4v) is 13.2. The molecule has 0 amide bonds. The van der Waals surface area contributed by atoms with Crippen LogP contribution in [-0.2, 0) is 23.6 Å². The van der Waals surface area contributed by atoms with Crippen LogP contribution < -0.4 is 0 Å². The fraction of sp³-hybridized carbons (Fsp3) is 0.250. The van der Waals surface area contributed by atoms with Gasteiger partial charge in [-0.3, -0.25) is 4.79 Å². The molecule has 0 aliphatic carbocycles. The van der Waals surface area contributed by atoms with Gasteiger partial charge in [0.05, 0.1) is 6.08 Å². The smallest absolute Gasteiger partial charge is 0.220 e. The molecule has 54 valence electrons. The first-order valence-corrected chi connectivity index (χ1v) is 8.23. The van der Waals surface area contributed by atoms with Crippen LogP contribution in [0.1, 0.15) is 0 Å². The topological polar surface area (TPSA) is 34.1 Å². The highest BCUT2D eigenvalue weighted by molar-refractivity contribution is 9.26.